The highest BCUT2D eigenvalue weighted by Crippen LogP contribution is 2.79. The van der Waals surface area contributed by atoms with Crippen molar-refractivity contribution in [3.05, 3.63) is 0 Å². The lowest BCUT2D eigenvalue weighted by Crippen LogP contribution is -2.68. The van der Waals surface area contributed by atoms with Crippen LogP contribution in [-0.2, 0) is 9.59 Å². The first kappa shape index (κ1) is 34.3. The van der Waals surface area contributed by atoms with Crippen molar-refractivity contribution < 1.29 is 24.9 Å². The second-order valence-corrected chi connectivity index (χ2v) is 20.0. The summed E-state index contributed by atoms with van der Waals surface area (Å²) >= 11 is 0. The van der Waals surface area contributed by atoms with Crippen LogP contribution in [-0.4, -0.2) is 82.4 Å². The van der Waals surface area contributed by atoms with Gasteiger partial charge in [0.1, 0.15) is 0 Å². The SMILES string of the molecule is CC(CO)(CO)C(=O)N1CCN(C(=O)C23CCC(C4(C)CC4)C2C2CCC4C5(C)CCC(O)C(C)(C)C5CCC4(C)C2(C)CC3)CC1. The molecule has 0 bridgehead atoms. The van der Waals surface area contributed by atoms with Gasteiger partial charge >= 0.3 is 0 Å². The molecule has 0 spiro atoms. The molecule has 7 fully saturated rings. The molecular formula is C40H66N2O5. The van der Waals surface area contributed by atoms with E-state index in [0.717, 1.165) is 32.1 Å². The Kier molecular flexibility index (Phi) is 7.96. The van der Waals surface area contributed by atoms with E-state index in [1.54, 1.807) is 11.8 Å². The lowest BCUT2D eigenvalue weighted by atomic mass is 9.32. The molecule has 6 aliphatic carbocycles. The van der Waals surface area contributed by atoms with E-state index in [-0.39, 0.29) is 52.3 Å². The molecule has 266 valence electrons. The van der Waals surface area contributed by atoms with Crippen LogP contribution in [0.2, 0.25) is 0 Å². The number of piperazine rings is 1. The van der Waals surface area contributed by atoms with Crippen LogP contribution in [0.4, 0.5) is 0 Å². The van der Waals surface area contributed by atoms with Crippen LogP contribution in [0.15, 0.2) is 0 Å². The molecule has 0 aromatic carbocycles. The van der Waals surface area contributed by atoms with E-state index in [0.29, 0.717) is 67.1 Å². The van der Waals surface area contributed by atoms with Crippen molar-refractivity contribution in [2.75, 3.05) is 39.4 Å². The Labute approximate surface area is 284 Å². The number of carbonyl (C=O) groups excluding carboxylic acids is 2. The Balaban J connectivity index is 1.17. The molecule has 7 rings (SSSR count). The third-order valence-corrected chi connectivity index (χ3v) is 17.8. The summed E-state index contributed by atoms with van der Waals surface area (Å²) in [4.78, 5) is 32.1. The summed E-state index contributed by atoms with van der Waals surface area (Å²) in [5.74, 6) is 2.98. The molecule has 0 radical (unpaired) electrons. The lowest BCUT2D eigenvalue weighted by Gasteiger charge is -2.73. The number of fused-ring (bicyclic) bond motifs is 7. The summed E-state index contributed by atoms with van der Waals surface area (Å²) in [5.41, 5.74) is -0.439. The second kappa shape index (κ2) is 10.9. The van der Waals surface area contributed by atoms with Crippen molar-refractivity contribution >= 4 is 11.8 Å². The highest BCUT2D eigenvalue weighted by atomic mass is 16.3. The van der Waals surface area contributed by atoms with E-state index >= 15 is 4.79 Å². The smallest absolute Gasteiger partial charge is 0.233 e. The molecule has 10 atom stereocenters. The standard InChI is InChI=1S/C40H66N2O5/c1-34(2)28-11-14-39(7)29(37(28,5)13-12-30(34)45)9-8-27-31-26(35(3)16-17-35)10-15-40(31,19-18-38(27,39)6)33(47)42-22-20-41(21-23-42)32(46)36(4,24-43)25-44/h26-31,43-45H,8-25H2,1-7H3. The number of hydrogen-bond donors (Lipinski definition) is 3. The number of nitrogens with zero attached hydrogens (tertiary/aromatic N) is 2. The maximum Gasteiger partial charge on any atom is 0.233 e. The Hall–Kier alpha value is -1.18. The number of aliphatic hydroxyl groups is 3. The second-order valence-electron chi connectivity index (χ2n) is 20.0. The molecule has 1 aliphatic heterocycles. The number of rotatable bonds is 5. The zero-order valence-electron chi connectivity index (χ0n) is 30.7. The molecule has 0 aromatic heterocycles. The van der Waals surface area contributed by atoms with Crippen molar-refractivity contribution in [1.29, 1.82) is 0 Å². The summed E-state index contributed by atoms with van der Waals surface area (Å²) in [7, 11) is 0. The van der Waals surface area contributed by atoms with E-state index in [9.17, 15) is 20.1 Å². The van der Waals surface area contributed by atoms with E-state index in [1.165, 1.54) is 44.9 Å². The fourth-order valence-electron chi connectivity index (χ4n) is 14.3. The Morgan fingerprint density at radius 1 is 0.681 bits per heavy atom. The van der Waals surface area contributed by atoms with Crippen LogP contribution >= 0.6 is 0 Å². The van der Waals surface area contributed by atoms with E-state index in [1.807, 2.05) is 0 Å². The van der Waals surface area contributed by atoms with Crippen LogP contribution in [0.25, 0.3) is 0 Å². The van der Waals surface area contributed by atoms with Crippen molar-refractivity contribution in [2.24, 2.45) is 67.5 Å². The maximum absolute atomic E-state index is 15.0. The Morgan fingerprint density at radius 2 is 1.32 bits per heavy atom. The van der Waals surface area contributed by atoms with Crippen LogP contribution in [0.5, 0.6) is 0 Å². The summed E-state index contributed by atoms with van der Waals surface area (Å²) in [6.45, 7) is 18.0. The summed E-state index contributed by atoms with van der Waals surface area (Å²) in [5, 5.41) is 30.8. The molecule has 47 heavy (non-hydrogen) atoms. The molecule has 1 saturated heterocycles. The van der Waals surface area contributed by atoms with Crippen LogP contribution in [0.1, 0.15) is 126 Å². The average molecular weight is 655 g/mol. The third-order valence-electron chi connectivity index (χ3n) is 17.8. The molecule has 6 saturated carbocycles. The third kappa shape index (κ3) is 4.52. The van der Waals surface area contributed by atoms with Gasteiger partial charge in [-0.2, -0.15) is 0 Å². The largest absolute Gasteiger partial charge is 0.395 e. The van der Waals surface area contributed by atoms with E-state index in [2.05, 4.69) is 46.4 Å². The van der Waals surface area contributed by atoms with E-state index in [4.69, 9.17) is 0 Å². The van der Waals surface area contributed by atoms with Gasteiger partial charge in [-0.1, -0.05) is 41.5 Å². The molecule has 7 heteroatoms. The highest BCUT2D eigenvalue weighted by Gasteiger charge is 2.73. The monoisotopic (exact) mass is 654 g/mol. The minimum absolute atomic E-state index is 0.0409. The average Bonchev–Trinajstić information content (AvgIpc) is 3.67. The molecule has 2 amide bonds. The highest BCUT2D eigenvalue weighted by molar-refractivity contribution is 5.85. The van der Waals surface area contributed by atoms with Crippen molar-refractivity contribution in [3.8, 4) is 0 Å². The molecule has 7 nitrogen and oxygen atoms in total. The lowest BCUT2D eigenvalue weighted by molar-refractivity contribution is -0.249. The van der Waals surface area contributed by atoms with Crippen molar-refractivity contribution in [2.45, 2.75) is 132 Å². The van der Waals surface area contributed by atoms with Crippen LogP contribution < -0.4 is 0 Å². The minimum atomic E-state index is -1.18. The number of amides is 2. The Morgan fingerprint density at radius 3 is 1.94 bits per heavy atom. The fraction of sp³-hybridized carbons (Fsp3) is 0.950. The van der Waals surface area contributed by atoms with Gasteiger partial charge in [0.25, 0.3) is 0 Å². The molecule has 1 heterocycles. The first-order valence-electron chi connectivity index (χ1n) is 19.5. The first-order chi connectivity index (χ1) is 22.0. The van der Waals surface area contributed by atoms with Crippen LogP contribution in [0.3, 0.4) is 0 Å². The number of aliphatic hydroxyl groups excluding tert-OH is 3. The van der Waals surface area contributed by atoms with E-state index < -0.39 is 5.41 Å². The van der Waals surface area contributed by atoms with Gasteiger partial charge in [0, 0.05) is 26.2 Å². The van der Waals surface area contributed by atoms with Crippen molar-refractivity contribution in [1.82, 2.24) is 9.80 Å². The normalized spacial score (nSPS) is 46.9. The van der Waals surface area contributed by atoms with Gasteiger partial charge in [-0.15, -0.1) is 0 Å². The summed E-state index contributed by atoms with van der Waals surface area (Å²) < 4.78 is 0. The molecule has 7 aliphatic rings. The van der Waals surface area contributed by atoms with Gasteiger partial charge in [-0.05, 0) is 141 Å². The fourth-order valence-corrected chi connectivity index (χ4v) is 14.3. The maximum atomic E-state index is 15.0. The first-order valence-corrected chi connectivity index (χ1v) is 19.5. The number of hydrogen-bond acceptors (Lipinski definition) is 5. The summed E-state index contributed by atoms with van der Waals surface area (Å²) in [6.07, 6.45) is 13.7. The van der Waals surface area contributed by atoms with Gasteiger partial charge < -0.3 is 25.1 Å². The molecule has 0 aromatic rings. The summed E-state index contributed by atoms with van der Waals surface area (Å²) in [6, 6.07) is 0. The van der Waals surface area contributed by atoms with Gasteiger partial charge in [-0.25, -0.2) is 0 Å². The van der Waals surface area contributed by atoms with Gasteiger partial charge in [0.05, 0.1) is 30.1 Å². The minimum Gasteiger partial charge on any atom is -0.395 e. The zero-order chi connectivity index (χ0) is 34.0. The van der Waals surface area contributed by atoms with Gasteiger partial charge in [0.15, 0.2) is 0 Å². The molecule has 10 unspecified atom stereocenters. The van der Waals surface area contributed by atoms with Gasteiger partial charge in [0.2, 0.25) is 11.8 Å². The predicted octanol–water partition coefficient (Wildman–Crippen LogP) is 5.89. The molecule has 3 N–H and O–H groups in total. The molecular weight excluding hydrogens is 588 g/mol. The quantitative estimate of drug-likeness (QED) is 0.343. The zero-order valence-corrected chi connectivity index (χ0v) is 30.7. The van der Waals surface area contributed by atoms with Crippen LogP contribution in [0, 0.1) is 67.5 Å². The Bertz CT molecular complexity index is 1270. The van der Waals surface area contributed by atoms with Gasteiger partial charge in [-0.3, -0.25) is 9.59 Å². The predicted molar refractivity (Wildman–Crippen MR) is 183 cm³/mol. The van der Waals surface area contributed by atoms with Crippen molar-refractivity contribution in [3.63, 3.8) is 0 Å². The number of carbonyl (C=O) groups is 2. The topological polar surface area (TPSA) is 101 Å².